The molecule has 0 amide bonds. The van der Waals surface area contributed by atoms with Crippen LogP contribution in [0.25, 0.3) is 0 Å². The molecule has 1 N–H and O–H groups in total. The summed E-state index contributed by atoms with van der Waals surface area (Å²) in [5, 5.41) is 7.59. The first-order valence-electron chi connectivity index (χ1n) is 6.52. The summed E-state index contributed by atoms with van der Waals surface area (Å²) in [7, 11) is 0. The Hall–Kier alpha value is -0.870. The highest BCUT2D eigenvalue weighted by Crippen LogP contribution is 2.38. The number of aryl methyl sites for hydroxylation is 2. The van der Waals surface area contributed by atoms with Crippen LogP contribution in [0.5, 0.6) is 0 Å². The van der Waals surface area contributed by atoms with Gasteiger partial charge < -0.3 is 14.6 Å². The molecule has 2 fully saturated rings. The number of nitrogens with zero attached hydrogens (tertiary/aromatic N) is 1. The first-order valence-corrected chi connectivity index (χ1v) is 6.52. The van der Waals surface area contributed by atoms with Gasteiger partial charge in [0.05, 0.1) is 11.8 Å². The summed E-state index contributed by atoms with van der Waals surface area (Å²) in [6.07, 6.45) is 4.25. The smallest absolute Gasteiger partial charge is 0.138 e. The van der Waals surface area contributed by atoms with Crippen LogP contribution in [-0.2, 0) is 11.3 Å². The monoisotopic (exact) mass is 236 g/mol. The van der Waals surface area contributed by atoms with Crippen LogP contribution in [0.1, 0.15) is 36.3 Å². The van der Waals surface area contributed by atoms with E-state index in [1.54, 1.807) is 0 Å². The molecule has 0 aromatic carbocycles. The fourth-order valence-electron chi connectivity index (χ4n) is 2.71. The quantitative estimate of drug-likeness (QED) is 0.868. The molecule has 2 heterocycles. The Labute approximate surface area is 102 Å². The van der Waals surface area contributed by atoms with Crippen molar-refractivity contribution in [2.75, 3.05) is 6.61 Å². The second-order valence-corrected chi connectivity index (χ2v) is 5.25. The molecule has 4 heteroatoms. The molecule has 3 rings (SSSR count). The van der Waals surface area contributed by atoms with Crippen molar-refractivity contribution in [2.24, 2.45) is 5.92 Å². The highest BCUT2D eigenvalue weighted by molar-refractivity contribution is 5.20. The highest BCUT2D eigenvalue weighted by atomic mass is 16.5. The lowest BCUT2D eigenvalue weighted by molar-refractivity contribution is 0.0808. The van der Waals surface area contributed by atoms with Crippen LogP contribution < -0.4 is 5.32 Å². The highest BCUT2D eigenvalue weighted by Gasteiger charge is 2.40. The normalized spacial score (nSPS) is 28.8. The first-order chi connectivity index (χ1) is 8.25. The summed E-state index contributed by atoms with van der Waals surface area (Å²) in [5.74, 6) is 1.73. The fraction of sp³-hybridized carbons (Fsp3) is 0.769. The fourth-order valence-corrected chi connectivity index (χ4v) is 2.71. The van der Waals surface area contributed by atoms with Gasteiger partial charge in [0, 0.05) is 24.8 Å². The zero-order chi connectivity index (χ0) is 11.8. The van der Waals surface area contributed by atoms with Crippen LogP contribution in [0.4, 0.5) is 0 Å². The van der Waals surface area contributed by atoms with E-state index in [9.17, 15) is 0 Å². The molecule has 1 aliphatic carbocycles. The van der Waals surface area contributed by atoms with E-state index in [2.05, 4.69) is 10.5 Å². The molecular weight excluding hydrogens is 216 g/mol. The van der Waals surface area contributed by atoms with Crippen molar-refractivity contribution in [3.63, 3.8) is 0 Å². The van der Waals surface area contributed by atoms with E-state index in [4.69, 9.17) is 9.26 Å². The number of ether oxygens (including phenoxy) is 1. The van der Waals surface area contributed by atoms with E-state index in [1.165, 1.54) is 18.4 Å². The lowest BCUT2D eigenvalue weighted by atomic mass is 10.1. The third kappa shape index (κ3) is 2.24. The van der Waals surface area contributed by atoms with E-state index in [0.717, 1.165) is 36.9 Å². The molecule has 1 saturated carbocycles. The lowest BCUT2D eigenvalue weighted by Crippen LogP contribution is -2.37. The van der Waals surface area contributed by atoms with Gasteiger partial charge in [0.2, 0.25) is 0 Å². The van der Waals surface area contributed by atoms with Crippen LogP contribution >= 0.6 is 0 Å². The molecule has 1 aliphatic heterocycles. The zero-order valence-corrected chi connectivity index (χ0v) is 10.5. The molecule has 0 spiro atoms. The molecule has 1 aromatic rings. The third-order valence-corrected chi connectivity index (χ3v) is 3.94. The molecule has 17 heavy (non-hydrogen) atoms. The van der Waals surface area contributed by atoms with E-state index < -0.39 is 0 Å². The van der Waals surface area contributed by atoms with Gasteiger partial charge in [0.15, 0.2) is 0 Å². The summed E-state index contributed by atoms with van der Waals surface area (Å²) in [6, 6.07) is 0.510. The predicted octanol–water partition coefficient (Wildman–Crippen LogP) is 1.95. The Bertz CT molecular complexity index is 379. The number of hydrogen-bond donors (Lipinski definition) is 1. The summed E-state index contributed by atoms with van der Waals surface area (Å²) >= 11 is 0. The maximum Gasteiger partial charge on any atom is 0.138 e. The number of nitrogens with one attached hydrogen (secondary N) is 1. The Morgan fingerprint density at radius 1 is 1.29 bits per heavy atom. The van der Waals surface area contributed by atoms with Gasteiger partial charge in [-0.25, -0.2) is 0 Å². The standard InChI is InChI=1S/C13H20N2O2/c1-8-11(9(2)17-15-8)7-14-12-5-6-16-13(12)10-3-4-10/h10,12-14H,3-7H2,1-2H3. The Morgan fingerprint density at radius 2 is 2.12 bits per heavy atom. The average molecular weight is 236 g/mol. The van der Waals surface area contributed by atoms with Crippen molar-refractivity contribution in [3.8, 4) is 0 Å². The summed E-state index contributed by atoms with van der Waals surface area (Å²) in [5.41, 5.74) is 2.20. The number of rotatable bonds is 4. The van der Waals surface area contributed by atoms with Crippen LogP contribution in [0.15, 0.2) is 4.52 Å². The van der Waals surface area contributed by atoms with Crippen molar-refractivity contribution in [3.05, 3.63) is 17.0 Å². The van der Waals surface area contributed by atoms with Gasteiger partial charge in [-0.05, 0) is 39.0 Å². The third-order valence-electron chi connectivity index (χ3n) is 3.94. The van der Waals surface area contributed by atoms with Gasteiger partial charge in [0.25, 0.3) is 0 Å². The minimum absolute atomic E-state index is 0.440. The molecule has 2 unspecified atom stereocenters. The molecular formula is C13H20N2O2. The van der Waals surface area contributed by atoms with Gasteiger partial charge >= 0.3 is 0 Å². The molecule has 94 valence electrons. The van der Waals surface area contributed by atoms with Crippen molar-refractivity contribution < 1.29 is 9.26 Å². The van der Waals surface area contributed by atoms with Gasteiger partial charge in [-0.2, -0.15) is 0 Å². The Balaban J connectivity index is 1.60. The van der Waals surface area contributed by atoms with Gasteiger partial charge in [0.1, 0.15) is 5.76 Å². The van der Waals surface area contributed by atoms with Crippen LogP contribution in [-0.4, -0.2) is 23.9 Å². The summed E-state index contributed by atoms with van der Waals surface area (Å²) in [6.45, 7) is 5.72. The van der Waals surface area contributed by atoms with Crippen LogP contribution in [0, 0.1) is 19.8 Å². The van der Waals surface area contributed by atoms with Gasteiger partial charge in [-0.3, -0.25) is 0 Å². The minimum Gasteiger partial charge on any atom is -0.376 e. The average Bonchev–Trinajstić information content (AvgIpc) is 2.98. The molecule has 0 bridgehead atoms. The van der Waals surface area contributed by atoms with E-state index in [-0.39, 0.29) is 0 Å². The molecule has 1 aromatic heterocycles. The van der Waals surface area contributed by atoms with Crippen molar-refractivity contribution in [1.29, 1.82) is 0 Å². The SMILES string of the molecule is Cc1noc(C)c1CNC1CCOC1C1CC1. The molecule has 4 nitrogen and oxygen atoms in total. The first kappa shape index (κ1) is 11.2. The maximum atomic E-state index is 5.82. The number of hydrogen-bond acceptors (Lipinski definition) is 4. The summed E-state index contributed by atoms with van der Waals surface area (Å²) in [4.78, 5) is 0. The maximum absolute atomic E-state index is 5.82. The van der Waals surface area contributed by atoms with Crippen LogP contribution in [0.2, 0.25) is 0 Å². The largest absolute Gasteiger partial charge is 0.376 e. The second-order valence-electron chi connectivity index (χ2n) is 5.25. The number of aromatic nitrogens is 1. The molecule has 2 atom stereocenters. The molecule has 2 aliphatic rings. The van der Waals surface area contributed by atoms with E-state index in [0.29, 0.717) is 12.1 Å². The second kappa shape index (κ2) is 4.42. The molecule has 1 saturated heterocycles. The van der Waals surface area contributed by atoms with Crippen LogP contribution in [0.3, 0.4) is 0 Å². The van der Waals surface area contributed by atoms with Gasteiger partial charge in [-0.15, -0.1) is 0 Å². The minimum atomic E-state index is 0.440. The lowest BCUT2D eigenvalue weighted by Gasteiger charge is -2.19. The van der Waals surface area contributed by atoms with Crippen molar-refractivity contribution in [2.45, 2.75) is 51.8 Å². The van der Waals surface area contributed by atoms with Crippen molar-refractivity contribution >= 4 is 0 Å². The van der Waals surface area contributed by atoms with Gasteiger partial charge in [-0.1, -0.05) is 5.16 Å². The topological polar surface area (TPSA) is 47.3 Å². The van der Waals surface area contributed by atoms with E-state index >= 15 is 0 Å². The Morgan fingerprint density at radius 3 is 2.76 bits per heavy atom. The summed E-state index contributed by atoms with van der Waals surface area (Å²) < 4.78 is 11.0. The van der Waals surface area contributed by atoms with Crippen molar-refractivity contribution in [1.82, 2.24) is 10.5 Å². The zero-order valence-electron chi connectivity index (χ0n) is 10.5. The Kier molecular flexibility index (Phi) is 2.92. The van der Waals surface area contributed by atoms with E-state index in [1.807, 2.05) is 13.8 Å². The predicted molar refractivity (Wildman–Crippen MR) is 63.7 cm³/mol. The molecule has 0 radical (unpaired) electrons.